The topological polar surface area (TPSA) is 53.9 Å². The zero-order valence-corrected chi connectivity index (χ0v) is 17.0. The number of hydrogen-bond donors (Lipinski definition) is 2. The number of hydrogen-bond acceptors (Lipinski definition) is 2. The van der Waals surface area contributed by atoms with Gasteiger partial charge in [0.2, 0.25) is 0 Å². The van der Waals surface area contributed by atoms with E-state index in [1.54, 1.807) is 0 Å². The fourth-order valence-electron chi connectivity index (χ4n) is 3.41. The van der Waals surface area contributed by atoms with E-state index in [-0.39, 0.29) is 18.4 Å². The molecule has 1 aromatic carbocycles. The number of anilines is 1. The van der Waals surface area contributed by atoms with Crippen molar-refractivity contribution in [3.63, 3.8) is 0 Å². The number of halogens is 1. The Kier molecular flexibility index (Phi) is 7.44. The number of piperidine rings is 1. The highest BCUT2D eigenvalue weighted by molar-refractivity contribution is 9.10. The minimum absolute atomic E-state index is 0.0681. The van der Waals surface area contributed by atoms with Crippen molar-refractivity contribution in [3.05, 3.63) is 28.2 Å². The Morgan fingerprint density at radius 2 is 2.08 bits per heavy atom. The van der Waals surface area contributed by atoms with E-state index in [1.165, 1.54) is 6.42 Å². The first-order valence-electron chi connectivity index (χ1n) is 9.07. The van der Waals surface area contributed by atoms with Gasteiger partial charge in [-0.25, -0.2) is 0 Å². The van der Waals surface area contributed by atoms with Crippen molar-refractivity contribution < 1.29 is 14.5 Å². The SMILES string of the molecule is CC[C@H]1CCCCN1C(=O)C[NH+](C)CC(=O)Nc1ccc(Br)cc1C. The Bertz CT molecular complexity index is 621. The van der Waals surface area contributed by atoms with Crippen LogP contribution in [-0.2, 0) is 9.59 Å². The molecule has 2 atom stereocenters. The molecule has 0 aromatic heterocycles. The maximum atomic E-state index is 12.6. The summed E-state index contributed by atoms with van der Waals surface area (Å²) < 4.78 is 0.989. The average Bonchev–Trinajstić information content (AvgIpc) is 2.57. The quantitative estimate of drug-likeness (QED) is 0.753. The van der Waals surface area contributed by atoms with Gasteiger partial charge in [-0.05, 0) is 56.4 Å². The van der Waals surface area contributed by atoms with Crippen molar-refractivity contribution in [2.24, 2.45) is 0 Å². The number of amides is 2. The van der Waals surface area contributed by atoms with Gasteiger partial charge in [-0.3, -0.25) is 9.59 Å². The van der Waals surface area contributed by atoms with Gasteiger partial charge in [-0.1, -0.05) is 22.9 Å². The van der Waals surface area contributed by atoms with Gasteiger partial charge in [-0.15, -0.1) is 0 Å². The summed E-state index contributed by atoms with van der Waals surface area (Å²) in [4.78, 5) is 27.8. The first-order valence-corrected chi connectivity index (χ1v) is 9.86. The van der Waals surface area contributed by atoms with E-state index in [1.807, 2.05) is 37.1 Å². The van der Waals surface area contributed by atoms with Crippen LogP contribution in [0.25, 0.3) is 0 Å². The monoisotopic (exact) mass is 410 g/mol. The number of rotatable bonds is 6. The molecule has 138 valence electrons. The van der Waals surface area contributed by atoms with Crippen molar-refractivity contribution in [2.45, 2.75) is 45.6 Å². The number of nitrogens with one attached hydrogen (secondary N) is 2. The van der Waals surface area contributed by atoms with Gasteiger partial charge in [0.05, 0.1) is 7.05 Å². The van der Waals surface area contributed by atoms with Gasteiger partial charge < -0.3 is 15.1 Å². The number of likely N-dealkylation sites (N-methyl/N-ethyl adjacent to an activating group) is 1. The van der Waals surface area contributed by atoms with Gasteiger partial charge in [0, 0.05) is 22.7 Å². The van der Waals surface area contributed by atoms with Crippen LogP contribution in [0.1, 0.15) is 38.2 Å². The minimum Gasteiger partial charge on any atom is -0.335 e. The van der Waals surface area contributed by atoms with E-state index < -0.39 is 0 Å². The maximum absolute atomic E-state index is 12.6. The summed E-state index contributed by atoms with van der Waals surface area (Å²) in [7, 11) is 1.90. The summed E-state index contributed by atoms with van der Waals surface area (Å²) in [6, 6.07) is 6.13. The van der Waals surface area contributed by atoms with Crippen LogP contribution in [0.2, 0.25) is 0 Å². The van der Waals surface area contributed by atoms with E-state index in [4.69, 9.17) is 0 Å². The standard InChI is InChI=1S/C19H28BrN3O2/c1-4-16-7-5-6-10-23(16)19(25)13-22(3)12-18(24)21-17-9-8-15(20)11-14(17)2/h8-9,11,16H,4-7,10,12-13H2,1-3H3,(H,21,24)/p+1/t16-/m0/s1. The molecule has 0 saturated carbocycles. The fraction of sp³-hybridized carbons (Fsp3) is 0.579. The lowest BCUT2D eigenvalue weighted by atomic mass is 10.00. The summed E-state index contributed by atoms with van der Waals surface area (Å²) in [5, 5.41) is 2.94. The van der Waals surface area contributed by atoms with Crippen LogP contribution in [0.5, 0.6) is 0 Å². The molecule has 5 nitrogen and oxygen atoms in total. The molecular weight excluding hydrogens is 382 g/mol. The highest BCUT2D eigenvalue weighted by Crippen LogP contribution is 2.20. The highest BCUT2D eigenvalue weighted by atomic mass is 79.9. The second-order valence-corrected chi connectivity index (χ2v) is 7.88. The fourth-order valence-corrected chi connectivity index (χ4v) is 3.89. The summed E-state index contributed by atoms with van der Waals surface area (Å²) in [6.45, 7) is 5.60. The summed E-state index contributed by atoms with van der Waals surface area (Å²) in [5.41, 5.74) is 1.82. The highest BCUT2D eigenvalue weighted by Gasteiger charge is 2.27. The van der Waals surface area contributed by atoms with Crippen LogP contribution in [0, 0.1) is 6.92 Å². The number of aryl methyl sites for hydroxylation is 1. The van der Waals surface area contributed by atoms with E-state index >= 15 is 0 Å². The molecule has 1 aliphatic heterocycles. The zero-order valence-electron chi connectivity index (χ0n) is 15.4. The zero-order chi connectivity index (χ0) is 18.4. The van der Waals surface area contributed by atoms with Crippen molar-refractivity contribution >= 4 is 33.4 Å². The molecule has 2 N–H and O–H groups in total. The van der Waals surface area contributed by atoms with Crippen molar-refractivity contribution in [3.8, 4) is 0 Å². The molecule has 1 fully saturated rings. The molecule has 1 aromatic rings. The van der Waals surface area contributed by atoms with Crippen LogP contribution in [-0.4, -0.2) is 49.4 Å². The van der Waals surface area contributed by atoms with E-state index in [2.05, 4.69) is 28.2 Å². The van der Waals surface area contributed by atoms with Crippen LogP contribution in [0.4, 0.5) is 5.69 Å². The van der Waals surface area contributed by atoms with Gasteiger partial charge in [0.15, 0.2) is 13.1 Å². The Labute approximate surface area is 158 Å². The molecule has 2 amide bonds. The van der Waals surface area contributed by atoms with E-state index in [9.17, 15) is 9.59 Å². The molecule has 1 aliphatic rings. The van der Waals surface area contributed by atoms with Gasteiger partial charge in [0.25, 0.3) is 11.8 Å². The summed E-state index contributed by atoms with van der Waals surface area (Å²) >= 11 is 3.42. The molecule has 1 saturated heterocycles. The first-order chi connectivity index (χ1) is 11.9. The second kappa shape index (κ2) is 9.34. The number of benzene rings is 1. The molecule has 0 radical (unpaired) electrons. The molecule has 0 aliphatic carbocycles. The summed E-state index contributed by atoms with van der Waals surface area (Å²) in [6.07, 6.45) is 4.41. The number of carbonyl (C=O) groups excluding carboxylic acids is 2. The van der Waals surface area contributed by atoms with Crippen molar-refractivity contribution in [1.29, 1.82) is 0 Å². The normalized spacial score (nSPS) is 18.7. The molecule has 0 bridgehead atoms. The minimum atomic E-state index is -0.0681. The third-order valence-corrected chi connectivity index (χ3v) is 5.29. The third-order valence-electron chi connectivity index (χ3n) is 4.80. The van der Waals surface area contributed by atoms with Crippen molar-refractivity contribution in [2.75, 3.05) is 32.0 Å². The second-order valence-electron chi connectivity index (χ2n) is 6.96. The Morgan fingerprint density at radius 3 is 2.76 bits per heavy atom. The lowest BCUT2D eigenvalue weighted by Gasteiger charge is -2.35. The van der Waals surface area contributed by atoms with E-state index in [0.29, 0.717) is 12.6 Å². The largest absolute Gasteiger partial charge is 0.335 e. The average molecular weight is 411 g/mol. The van der Waals surface area contributed by atoms with Gasteiger partial charge in [-0.2, -0.15) is 0 Å². The Balaban J connectivity index is 1.85. The van der Waals surface area contributed by atoms with Crippen LogP contribution >= 0.6 is 15.9 Å². The number of quaternary nitrogens is 1. The smallest absolute Gasteiger partial charge is 0.279 e. The maximum Gasteiger partial charge on any atom is 0.279 e. The number of likely N-dealkylation sites (tertiary alicyclic amines) is 1. The van der Waals surface area contributed by atoms with Gasteiger partial charge in [0.1, 0.15) is 0 Å². The lowest BCUT2D eigenvalue weighted by Crippen LogP contribution is -3.11. The predicted octanol–water partition coefficient (Wildman–Crippen LogP) is 2.00. The lowest BCUT2D eigenvalue weighted by molar-refractivity contribution is -0.862. The molecule has 6 heteroatoms. The third kappa shape index (κ3) is 5.82. The molecular formula is C19H29BrN3O2+. The van der Waals surface area contributed by atoms with Gasteiger partial charge >= 0.3 is 0 Å². The predicted molar refractivity (Wildman–Crippen MR) is 104 cm³/mol. The van der Waals surface area contributed by atoms with Crippen LogP contribution in [0.3, 0.4) is 0 Å². The summed E-state index contributed by atoms with van der Waals surface area (Å²) in [5.74, 6) is 0.0954. The van der Waals surface area contributed by atoms with Crippen molar-refractivity contribution in [1.82, 2.24) is 4.90 Å². The van der Waals surface area contributed by atoms with Crippen LogP contribution in [0.15, 0.2) is 22.7 Å². The van der Waals surface area contributed by atoms with E-state index in [0.717, 1.165) is 46.4 Å². The molecule has 0 spiro atoms. The molecule has 2 rings (SSSR count). The number of carbonyl (C=O) groups is 2. The Hall–Kier alpha value is -1.40. The first kappa shape index (κ1) is 19.9. The Morgan fingerprint density at radius 1 is 1.32 bits per heavy atom. The molecule has 25 heavy (non-hydrogen) atoms. The molecule has 1 heterocycles. The van der Waals surface area contributed by atoms with Crippen LogP contribution < -0.4 is 10.2 Å². The number of nitrogens with zero attached hydrogens (tertiary/aromatic N) is 1. The molecule has 1 unspecified atom stereocenters.